The molecule has 2 aliphatic rings. The van der Waals surface area contributed by atoms with Gasteiger partial charge in [0.25, 0.3) is 0 Å². The third-order valence-corrected chi connectivity index (χ3v) is 4.15. The molecule has 3 N–H and O–H groups in total. The summed E-state index contributed by atoms with van der Waals surface area (Å²) in [6.45, 7) is 3.73. The molecule has 0 radical (unpaired) electrons. The molecule has 2 fully saturated rings. The molecule has 108 valence electrons. The topological polar surface area (TPSA) is 84.1 Å². The van der Waals surface area contributed by atoms with Crippen molar-refractivity contribution in [2.24, 2.45) is 5.92 Å². The smallest absolute Gasteiger partial charge is 0.225 e. The van der Waals surface area contributed by atoms with Crippen LogP contribution in [-0.2, 0) is 11.2 Å². The van der Waals surface area contributed by atoms with Gasteiger partial charge in [0.2, 0.25) is 5.91 Å². The number of amides is 1. The fraction of sp³-hybridized carbons (Fsp3) is 0.643. The molecule has 0 saturated carbocycles. The summed E-state index contributed by atoms with van der Waals surface area (Å²) in [4.78, 5) is 23.0. The number of aromatic nitrogens is 2. The molecule has 1 amide bonds. The van der Waals surface area contributed by atoms with Crippen molar-refractivity contribution in [3.63, 3.8) is 0 Å². The van der Waals surface area contributed by atoms with Crippen LogP contribution in [0.2, 0.25) is 0 Å². The van der Waals surface area contributed by atoms with Crippen molar-refractivity contribution in [1.29, 1.82) is 0 Å². The largest absolute Gasteiger partial charge is 0.384 e. The van der Waals surface area contributed by atoms with E-state index in [0.717, 1.165) is 43.9 Å². The Morgan fingerprint density at radius 2 is 2.35 bits per heavy atom. The van der Waals surface area contributed by atoms with E-state index in [1.54, 1.807) is 0 Å². The molecular formula is C14H21N5O. The van der Waals surface area contributed by atoms with Crippen LogP contribution in [0.3, 0.4) is 0 Å². The lowest BCUT2D eigenvalue weighted by molar-refractivity contribution is -0.122. The molecule has 2 atom stereocenters. The number of piperidine rings is 1. The minimum absolute atomic E-state index is 0.0922. The van der Waals surface area contributed by atoms with Crippen molar-refractivity contribution in [3.05, 3.63) is 11.9 Å². The zero-order valence-corrected chi connectivity index (χ0v) is 11.8. The molecular weight excluding hydrogens is 254 g/mol. The summed E-state index contributed by atoms with van der Waals surface area (Å²) in [6.07, 6.45) is 3.81. The number of nitrogens with zero attached hydrogens (tertiary/aromatic N) is 3. The Morgan fingerprint density at radius 1 is 1.50 bits per heavy atom. The lowest BCUT2D eigenvalue weighted by Gasteiger charge is -2.36. The standard InChI is InChI=1S/C14H21N5O/c1-2-4-12-17-11(15)7-13(18-12)19-6-3-5-9-10(19)8-16-14(9)20/h7,9-10H,2-6,8H2,1H3,(H,16,20)(H2,15,17,18). The number of anilines is 2. The molecule has 2 unspecified atom stereocenters. The summed E-state index contributed by atoms with van der Waals surface area (Å²) in [5.74, 6) is 2.44. The van der Waals surface area contributed by atoms with Crippen LogP contribution in [0.4, 0.5) is 11.6 Å². The summed E-state index contributed by atoms with van der Waals surface area (Å²) in [5.41, 5.74) is 5.90. The van der Waals surface area contributed by atoms with Crippen LogP contribution in [0.25, 0.3) is 0 Å². The molecule has 0 bridgehead atoms. The van der Waals surface area contributed by atoms with Crippen LogP contribution >= 0.6 is 0 Å². The first kappa shape index (κ1) is 13.1. The van der Waals surface area contributed by atoms with E-state index in [1.165, 1.54) is 0 Å². The van der Waals surface area contributed by atoms with Gasteiger partial charge in [0.05, 0.1) is 12.0 Å². The van der Waals surface area contributed by atoms with E-state index < -0.39 is 0 Å². The first-order valence-corrected chi connectivity index (χ1v) is 7.37. The van der Waals surface area contributed by atoms with E-state index in [4.69, 9.17) is 5.73 Å². The number of nitrogens with one attached hydrogen (secondary N) is 1. The number of hydrogen-bond acceptors (Lipinski definition) is 5. The highest BCUT2D eigenvalue weighted by Crippen LogP contribution is 2.31. The van der Waals surface area contributed by atoms with Gasteiger partial charge >= 0.3 is 0 Å². The fourth-order valence-corrected chi connectivity index (χ4v) is 3.22. The SMILES string of the molecule is CCCc1nc(N)cc(N2CCCC3C(=O)NCC32)n1. The lowest BCUT2D eigenvalue weighted by atomic mass is 9.91. The first-order chi connectivity index (χ1) is 9.69. The number of aryl methyl sites for hydroxylation is 1. The molecule has 0 spiro atoms. The Kier molecular flexibility index (Phi) is 3.46. The summed E-state index contributed by atoms with van der Waals surface area (Å²) in [5, 5.41) is 2.96. The average Bonchev–Trinajstić information content (AvgIpc) is 2.80. The Bertz CT molecular complexity index is 518. The second-order valence-corrected chi connectivity index (χ2v) is 5.57. The molecule has 2 saturated heterocycles. The Morgan fingerprint density at radius 3 is 3.15 bits per heavy atom. The van der Waals surface area contributed by atoms with Gasteiger partial charge in [-0.1, -0.05) is 6.92 Å². The number of nitrogens with two attached hydrogens (primary N) is 1. The zero-order valence-electron chi connectivity index (χ0n) is 11.8. The molecule has 3 rings (SSSR count). The molecule has 6 nitrogen and oxygen atoms in total. The second kappa shape index (κ2) is 5.26. The van der Waals surface area contributed by atoms with Gasteiger partial charge in [0.15, 0.2) is 0 Å². The Labute approximate surface area is 118 Å². The van der Waals surface area contributed by atoms with Crippen molar-refractivity contribution in [1.82, 2.24) is 15.3 Å². The number of hydrogen-bond donors (Lipinski definition) is 2. The summed E-state index contributed by atoms with van der Waals surface area (Å²) < 4.78 is 0. The quantitative estimate of drug-likeness (QED) is 0.849. The second-order valence-electron chi connectivity index (χ2n) is 5.57. The summed E-state index contributed by atoms with van der Waals surface area (Å²) in [6, 6.07) is 2.03. The highest BCUT2D eigenvalue weighted by Gasteiger charge is 2.41. The first-order valence-electron chi connectivity index (χ1n) is 7.37. The Hall–Kier alpha value is -1.85. The van der Waals surface area contributed by atoms with Gasteiger partial charge in [-0.3, -0.25) is 4.79 Å². The van der Waals surface area contributed by atoms with E-state index in [2.05, 4.69) is 27.1 Å². The number of fused-ring (bicyclic) bond motifs is 1. The molecule has 3 heterocycles. The predicted molar refractivity (Wildman–Crippen MR) is 77.3 cm³/mol. The molecule has 20 heavy (non-hydrogen) atoms. The molecule has 1 aromatic rings. The van der Waals surface area contributed by atoms with Crippen LogP contribution in [0, 0.1) is 5.92 Å². The van der Waals surface area contributed by atoms with Crippen molar-refractivity contribution in [2.75, 3.05) is 23.7 Å². The van der Waals surface area contributed by atoms with Gasteiger partial charge in [-0.15, -0.1) is 0 Å². The average molecular weight is 275 g/mol. The summed E-state index contributed by atoms with van der Waals surface area (Å²) in [7, 11) is 0. The number of rotatable bonds is 3. The van der Waals surface area contributed by atoms with E-state index in [1.807, 2.05) is 6.07 Å². The van der Waals surface area contributed by atoms with Crippen LogP contribution in [0.1, 0.15) is 32.0 Å². The number of carbonyl (C=O) groups is 1. The Balaban J connectivity index is 1.89. The maximum atomic E-state index is 11.8. The van der Waals surface area contributed by atoms with Crippen molar-refractivity contribution in [3.8, 4) is 0 Å². The van der Waals surface area contributed by atoms with Gasteiger partial charge in [0, 0.05) is 25.6 Å². The predicted octanol–water partition coefficient (Wildman–Crippen LogP) is 0.726. The van der Waals surface area contributed by atoms with E-state index in [0.29, 0.717) is 12.4 Å². The van der Waals surface area contributed by atoms with Crippen LogP contribution in [0.15, 0.2) is 6.07 Å². The van der Waals surface area contributed by atoms with Crippen molar-refractivity contribution < 1.29 is 4.79 Å². The van der Waals surface area contributed by atoms with Crippen molar-refractivity contribution in [2.45, 2.75) is 38.6 Å². The number of nitrogen functional groups attached to an aromatic ring is 1. The van der Waals surface area contributed by atoms with Crippen LogP contribution < -0.4 is 16.0 Å². The fourth-order valence-electron chi connectivity index (χ4n) is 3.22. The van der Waals surface area contributed by atoms with Gasteiger partial charge in [-0.25, -0.2) is 9.97 Å². The molecule has 6 heteroatoms. The highest BCUT2D eigenvalue weighted by molar-refractivity contribution is 5.83. The third-order valence-electron chi connectivity index (χ3n) is 4.15. The minimum atomic E-state index is 0.0922. The van der Waals surface area contributed by atoms with Gasteiger partial charge in [0.1, 0.15) is 17.5 Å². The monoisotopic (exact) mass is 275 g/mol. The third kappa shape index (κ3) is 2.30. The van der Waals surface area contributed by atoms with E-state index in [-0.39, 0.29) is 17.9 Å². The zero-order chi connectivity index (χ0) is 14.1. The maximum Gasteiger partial charge on any atom is 0.225 e. The molecule has 2 aliphatic heterocycles. The van der Waals surface area contributed by atoms with E-state index >= 15 is 0 Å². The highest BCUT2D eigenvalue weighted by atomic mass is 16.2. The minimum Gasteiger partial charge on any atom is -0.384 e. The summed E-state index contributed by atoms with van der Waals surface area (Å²) >= 11 is 0. The van der Waals surface area contributed by atoms with Gasteiger partial charge < -0.3 is 16.0 Å². The van der Waals surface area contributed by atoms with Crippen LogP contribution in [-0.4, -0.2) is 35.0 Å². The maximum absolute atomic E-state index is 11.8. The number of carbonyl (C=O) groups excluding carboxylic acids is 1. The molecule has 0 aromatic carbocycles. The van der Waals surface area contributed by atoms with Gasteiger partial charge in [-0.2, -0.15) is 0 Å². The lowest BCUT2D eigenvalue weighted by Crippen LogP contribution is -2.46. The molecule has 1 aromatic heterocycles. The normalized spacial score (nSPS) is 25.4. The molecule has 0 aliphatic carbocycles. The van der Waals surface area contributed by atoms with Crippen molar-refractivity contribution >= 4 is 17.5 Å². The van der Waals surface area contributed by atoms with Gasteiger partial charge in [-0.05, 0) is 19.3 Å². The van der Waals surface area contributed by atoms with E-state index in [9.17, 15) is 4.79 Å². The van der Waals surface area contributed by atoms with Crippen LogP contribution in [0.5, 0.6) is 0 Å².